The number of esters is 1. The maximum Gasteiger partial charge on any atom is 0.305 e. The zero-order valence-electron chi connectivity index (χ0n) is 14.0. The van der Waals surface area contributed by atoms with Crippen molar-refractivity contribution in [3.05, 3.63) is 12.2 Å². The molecule has 0 aromatic heterocycles. The third kappa shape index (κ3) is 7.41. The first-order chi connectivity index (χ1) is 10.5. The third-order valence-corrected chi connectivity index (χ3v) is 4.45. The van der Waals surface area contributed by atoms with Crippen LogP contribution in [0.4, 0.5) is 0 Å². The second kappa shape index (κ2) is 10.8. The molecule has 0 amide bonds. The Morgan fingerprint density at radius 2 is 2.00 bits per heavy atom. The number of carbonyl (C=O) groups is 1. The lowest BCUT2D eigenvalue weighted by atomic mass is 9.88. The number of rotatable bonds is 10. The molecule has 0 saturated heterocycles. The van der Waals surface area contributed by atoms with Crippen LogP contribution in [0, 0.1) is 11.8 Å². The van der Waals surface area contributed by atoms with Crippen molar-refractivity contribution in [2.45, 2.75) is 77.4 Å². The average Bonchev–Trinajstić information content (AvgIpc) is 2.81. The van der Waals surface area contributed by atoms with Gasteiger partial charge in [0, 0.05) is 6.42 Å². The third-order valence-electron chi connectivity index (χ3n) is 4.45. The molecule has 0 heterocycles. The van der Waals surface area contributed by atoms with Gasteiger partial charge >= 0.3 is 5.97 Å². The molecule has 4 atom stereocenters. The van der Waals surface area contributed by atoms with Gasteiger partial charge in [0.2, 0.25) is 0 Å². The van der Waals surface area contributed by atoms with Crippen LogP contribution in [0.2, 0.25) is 0 Å². The molecule has 4 heteroatoms. The van der Waals surface area contributed by atoms with Crippen molar-refractivity contribution in [2.24, 2.45) is 11.8 Å². The molecule has 0 bridgehead atoms. The van der Waals surface area contributed by atoms with Gasteiger partial charge in [0.15, 0.2) is 0 Å². The number of ether oxygens (including phenoxy) is 1. The van der Waals surface area contributed by atoms with Crippen LogP contribution in [-0.2, 0) is 9.53 Å². The fraction of sp³-hybridized carbons (Fsp3) is 0.833. The van der Waals surface area contributed by atoms with Gasteiger partial charge in [0.05, 0.1) is 18.8 Å². The minimum absolute atomic E-state index is 0.1000. The fourth-order valence-electron chi connectivity index (χ4n) is 3.26. The van der Waals surface area contributed by atoms with Gasteiger partial charge in [-0.15, -0.1) is 0 Å². The van der Waals surface area contributed by atoms with Crippen molar-refractivity contribution in [3.63, 3.8) is 0 Å². The van der Waals surface area contributed by atoms with Crippen LogP contribution in [0.1, 0.15) is 65.2 Å². The van der Waals surface area contributed by atoms with E-state index in [-0.39, 0.29) is 12.1 Å². The lowest BCUT2D eigenvalue weighted by Gasteiger charge is -2.19. The van der Waals surface area contributed by atoms with Gasteiger partial charge in [-0.2, -0.15) is 0 Å². The molecule has 1 unspecified atom stereocenters. The summed E-state index contributed by atoms with van der Waals surface area (Å²) >= 11 is 0. The van der Waals surface area contributed by atoms with E-state index < -0.39 is 6.10 Å². The quantitative estimate of drug-likeness (QED) is 0.369. The van der Waals surface area contributed by atoms with Gasteiger partial charge in [-0.1, -0.05) is 31.4 Å². The maximum absolute atomic E-state index is 11.2. The fourth-order valence-corrected chi connectivity index (χ4v) is 3.26. The molecule has 0 spiro atoms. The molecule has 2 N–H and O–H groups in total. The van der Waals surface area contributed by atoms with E-state index in [1.54, 1.807) is 6.92 Å². The van der Waals surface area contributed by atoms with E-state index in [9.17, 15) is 15.0 Å². The molecule has 1 aliphatic carbocycles. The normalized spacial score (nSPS) is 26.5. The Morgan fingerprint density at radius 1 is 1.27 bits per heavy atom. The second-order valence-electron chi connectivity index (χ2n) is 6.36. The molecule has 4 nitrogen and oxygen atoms in total. The first-order valence-corrected chi connectivity index (χ1v) is 8.74. The van der Waals surface area contributed by atoms with E-state index in [1.165, 1.54) is 0 Å². The number of unbranched alkanes of at least 4 members (excludes halogenated alkanes) is 3. The molecule has 0 radical (unpaired) electrons. The molecule has 1 fully saturated rings. The largest absolute Gasteiger partial charge is 0.466 e. The van der Waals surface area contributed by atoms with Crippen molar-refractivity contribution in [1.82, 2.24) is 0 Å². The summed E-state index contributed by atoms with van der Waals surface area (Å²) in [6, 6.07) is 0. The monoisotopic (exact) mass is 312 g/mol. The molecule has 128 valence electrons. The van der Waals surface area contributed by atoms with Gasteiger partial charge in [0.25, 0.3) is 0 Å². The van der Waals surface area contributed by atoms with Crippen LogP contribution in [0.15, 0.2) is 12.2 Å². The van der Waals surface area contributed by atoms with Gasteiger partial charge in [0.1, 0.15) is 0 Å². The summed E-state index contributed by atoms with van der Waals surface area (Å²) in [4.78, 5) is 11.2. The number of hydrogen-bond acceptors (Lipinski definition) is 4. The minimum Gasteiger partial charge on any atom is -0.466 e. The predicted molar refractivity (Wildman–Crippen MR) is 87.4 cm³/mol. The van der Waals surface area contributed by atoms with Crippen LogP contribution in [-0.4, -0.2) is 35.0 Å². The summed E-state index contributed by atoms with van der Waals surface area (Å²) in [6.07, 6.45) is 10.8. The van der Waals surface area contributed by atoms with Crippen molar-refractivity contribution in [1.29, 1.82) is 0 Å². The highest BCUT2D eigenvalue weighted by Gasteiger charge is 2.32. The maximum atomic E-state index is 11.2. The summed E-state index contributed by atoms with van der Waals surface area (Å²) in [5.74, 6) is 0.612. The Bertz CT molecular complexity index is 338. The number of aliphatic hydroxyl groups is 2. The summed E-state index contributed by atoms with van der Waals surface area (Å²) in [7, 11) is 0. The smallest absolute Gasteiger partial charge is 0.305 e. The number of carbonyl (C=O) groups excluding carboxylic acids is 1. The Morgan fingerprint density at radius 3 is 2.68 bits per heavy atom. The van der Waals surface area contributed by atoms with E-state index in [4.69, 9.17) is 4.74 Å². The molecule has 0 aliphatic heterocycles. The predicted octanol–water partition coefficient (Wildman–Crippen LogP) is 3.21. The highest BCUT2D eigenvalue weighted by Crippen LogP contribution is 2.36. The molecule has 0 aromatic rings. The minimum atomic E-state index is -0.415. The van der Waals surface area contributed by atoms with Gasteiger partial charge in [-0.3, -0.25) is 4.79 Å². The Balaban J connectivity index is 2.18. The summed E-state index contributed by atoms with van der Waals surface area (Å²) in [6.45, 7) is 4.04. The Kier molecular flexibility index (Phi) is 9.41. The van der Waals surface area contributed by atoms with Crippen LogP contribution < -0.4 is 0 Å². The number of aliphatic hydroxyl groups excluding tert-OH is 2. The van der Waals surface area contributed by atoms with Crippen LogP contribution in [0.3, 0.4) is 0 Å². The van der Waals surface area contributed by atoms with Crippen molar-refractivity contribution >= 4 is 5.97 Å². The molecule has 22 heavy (non-hydrogen) atoms. The molecule has 1 saturated carbocycles. The molecule has 1 rings (SSSR count). The Hall–Kier alpha value is -0.870. The summed E-state index contributed by atoms with van der Waals surface area (Å²) in [5.41, 5.74) is 0. The Labute approximate surface area is 134 Å². The van der Waals surface area contributed by atoms with E-state index in [1.807, 2.05) is 13.0 Å². The highest BCUT2D eigenvalue weighted by molar-refractivity contribution is 5.69. The van der Waals surface area contributed by atoms with Crippen molar-refractivity contribution < 1.29 is 19.7 Å². The van der Waals surface area contributed by atoms with Gasteiger partial charge in [-0.25, -0.2) is 0 Å². The van der Waals surface area contributed by atoms with Crippen LogP contribution >= 0.6 is 0 Å². The van der Waals surface area contributed by atoms with Crippen LogP contribution in [0.5, 0.6) is 0 Å². The summed E-state index contributed by atoms with van der Waals surface area (Å²) < 4.78 is 4.90. The molecular weight excluding hydrogens is 280 g/mol. The SMILES string of the molecule is CCOC(=O)CCCCCC[C@@H]1[C@H](C=CC(C)O)CC[C@@H]1O. The number of hydrogen-bond donors (Lipinski definition) is 2. The van der Waals surface area contributed by atoms with Gasteiger partial charge in [-0.05, 0) is 51.4 Å². The average molecular weight is 312 g/mol. The molecule has 1 aliphatic rings. The van der Waals surface area contributed by atoms with Crippen molar-refractivity contribution in [2.75, 3.05) is 6.61 Å². The standard InChI is InChI=1S/C18H32O4/c1-3-22-18(21)9-7-5-4-6-8-16-15(11-10-14(2)19)12-13-17(16)20/h10-11,14-17,19-20H,3-9,12-13H2,1-2H3/t14?,15-,16-,17+/m1/s1. The first kappa shape index (κ1) is 19.2. The van der Waals surface area contributed by atoms with Crippen molar-refractivity contribution in [3.8, 4) is 0 Å². The zero-order chi connectivity index (χ0) is 16.4. The zero-order valence-corrected chi connectivity index (χ0v) is 14.0. The second-order valence-corrected chi connectivity index (χ2v) is 6.36. The highest BCUT2D eigenvalue weighted by atomic mass is 16.5. The van der Waals surface area contributed by atoms with E-state index in [0.717, 1.165) is 44.9 Å². The van der Waals surface area contributed by atoms with E-state index in [0.29, 0.717) is 24.9 Å². The lowest BCUT2D eigenvalue weighted by molar-refractivity contribution is -0.143. The van der Waals surface area contributed by atoms with E-state index in [2.05, 4.69) is 6.08 Å². The van der Waals surface area contributed by atoms with Crippen LogP contribution in [0.25, 0.3) is 0 Å². The summed E-state index contributed by atoms with van der Waals surface area (Å²) in [5, 5.41) is 19.4. The lowest BCUT2D eigenvalue weighted by Crippen LogP contribution is -2.18. The van der Waals surface area contributed by atoms with Gasteiger partial charge < -0.3 is 14.9 Å². The number of allylic oxidation sites excluding steroid dienone is 1. The molecular formula is C18H32O4. The topological polar surface area (TPSA) is 66.8 Å². The molecule has 0 aromatic carbocycles. The van der Waals surface area contributed by atoms with E-state index >= 15 is 0 Å². The first-order valence-electron chi connectivity index (χ1n) is 8.74.